The summed E-state index contributed by atoms with van der Waals surface area (Å²) in [6.45, 7) is 2.10. The van der Waals surface area contributed by atoms with Crippen molar-refractivity contribution < 1.29 is 0 Å². The first-order valence-corrected chi connectivity index (χ1v) is 9.22. The predicted octanol–water partition coefficient (Wildman–Crippen LogP) is 5.50. The lowest BCUT2D eigenvalue weighted by molar-refractivity contribution is 1.07. The lowest BCUT2D eigenvalue weighted by Gasteiger charge is -2.02. The van der Waals surface area contributed by atoms with Crippen LogP contribution in [0.4, 0.5) is 10.8 Å². The van der Waals surface area contributed by atoms with Crippen LogP contribution in [0.3, 0.4) is 0 Å². The molecule has 0 radical (unpaired) electrons. The molecule has 128 valence electrons. The lowest BCUT2D eigenvalue weighted by atomic mass is 10.2. The van der Waals surface area contributed by atoms with Crippen molar-refractivity contribution in [3.05, 3.63) is 58.3 Å². The molecule has 0 aliphatic carbocycles. The van der Waals surface area contributed by atoms with E-state index in [-0.39, 0.29) is 17.0 Å². The van der Waals surface area contributed by atoms with Crippen molar-refractivity contribution in [1.82, 2.24) is 19.4 Å². The first-order chi connectivity index (χ1) is 11.7. The van der Waals surface area contributed by atoms with Crippen LogP contribution in [0.1, 0.15) is 12.6 Å². The van der Waals surface area contributed by atoms with Crippen LogP contribution in [0, 0.1) is 0 Å². The minimum absolute atomic E-state index is 0. The monoisotopic (exact) mass is 479 g/mol. The van der Waals surface area contributed by atoms with E-state index in [2.05, 4.69) is 43.5 Å². The molecule has 0 aliphatic rings. The first-order valence-electron chi connectivity index (χ1n) is 7.55. The molecule has 1 N–H and O–H groups in total. The number of nitrogens with zero attached hydrogens (tertiary/aromatic N) is 4. The third kappa shape index (κ3) is 3.61. The van der Waals surface area contributed by atoms with Crippen molar-refractivity contribution in [2.45, 2.75) is 13.3 Å². The molecular weight excluding hydrogens is 466 g/mol. The maximum atomic E-state index is 4.74. The number of anilines is 2. The van der Waals surface area contributed by atoms with E-state index in [1.165, 1.54) is 0 Å². The first kappa shape index (κ1) is 18.0. The number of aryl methyl sites for hydroxylation is 1. The van der Waals surface area contributed by atoms with Crippen LogP contribution < -0.4 is 5.32 Å². The highest BCUT2D eigenvalue weighted by Gasteiger charge is 2.16. The summed E-state index contributed by atoms with van der Waals surface area (Å²) >= 11 is 5.02. The molecule has 0 atom stereocenters. The van der Waals surface area contributed by atoms with Gasteiger partial charge in [0, 0.05) is 27.9 Å². The van der Waals surface area contributed by atoms with Crippen LogP contribution in [-0.4, -0.2) is 19.4 Å². The second kappa shape index (κ2) is 7.63. The van der Waals surface area contributed by atoms with E-state index in [9.17, 15) is 0 Å². The standard InChI is InChI=1S/C17H14BrN5S.BrH/c1-2-13-15(23-9-3-8-19-16(23)21-13)14-10-24-17(22-14)20-12-6-4-11(18)5-7-12;/h3-10H,2H2,1H3,(H,20,22);1H. The zero-order valence-corrected chi connectivity index (χ0v) is 17.4. The van der Waals surface area contributed by atoms with Gasteiger partial charge in [-0.15, -0.1) is 28.3 Å². The van der Waals surface area contributed by atoms with Gasteiger partial charge >= 0.3 is 0 Å². The Balaban J connectivity index is 0.00000182. The molecule has 4 rings (SSSR count). The maximum Gasteiger partial charge on any atom is 0.234 e. The Morgan fingerprint density at radius 2 is 2.00 bits per heavy atom. The molecule has 25 heavy (non-hydrogen) atoms. The highest BCUT2D eigenvalue weighted by molar-refractivity contribution is 9.10. The van der Waals surface area contributed by atoms with Crippen LogP contribution in [-0.2, 0) is 6.42 Å². The van der Waals surface area contributed by atoms with Crippen molar-refractivity contribution >= 4 is 60.8 Å². The Morgan fingerprint density at radius 1 is 1.20 bits per heavy atom. The minimum atomic E-state index is 0. The Hall–Kier alpha value is -1.77. The summed E-state index contributed by atoms with van der Waals surface area (Å²) in [5.74, 6) is 0.708. The summed E-state index contributed by atoms with van der Waals surface area (Å²) in [4.78, 5) is 13.7. The van der Waals surface area contributed by atoms with Crippen LogP contribution in [0.2, 0.25) is 0 Å². The SMILES string of the molecule is Br.CCc1nc2ncccn2c1-c1csc(Nc2ccc(Br)cc2)n1. The van der Waals surface area contributed by atoms with E-state index in [4.69, 9.17) is 4.98 Å². The number of hydrogen-bond donors (Lipinski definition) is 1. The highest BCUT2D eigenvalue weighted by atomic mass is 79.9. The molecule has 8 heteroatoms. The summed E-state index contributed by atoms with van der Waals surface area (Å²) in [5, 5.41) is 6.25. The van der Waals surface area contributed by atoms with E-state index in [1.54, 1.807) is 17.5 Å². The van der Waals surface area contributed by atoms with E-state index < -0.39 is 0 Å². The molecule has 0 fully saturated rings. The van der Waals surface area contributed by atoms with Gasteiger partial charge in [0.1, 0.15) is 5.69 Å². The van der Waals surface area contributed by atoms with Gasteiger partial charge in [-0.1, -0.05) is 22.9 Å². The summed E-state index contributed by atoms with van der Waals surface area (Å²) in [6.07, 6.45) is 4.57. The van der Waals surface area contributed by atoms with Gasteiger partial charge in [-0.3, -0.25) is 4.40 Å². The molecule has 0 spiro atoms. The minimum Gasteiger partial charge on any atom is -0.332 e. The van der Waals surface area contributed by atoms with Crippen molar-refractivity contribution in [3.63, 3.8) is 0 Å². The predicted molar refractivity (Wildman–Crippen MR) is 111 cm³/mol. The number of rotatable bonds is 4. The van der Waals surface area contributed by atoms with Crippen molar-refractivity contribution in [2.24, 2.45) is 0 Å². The molecule has 0 unspecified atom stereocenters. The smallest absolute Gasteiger partial charge is 0.234 e. The Kier molecular flexibility index (Phi) is 5.51. The molecule has 4 aromatic rings. The average Bonchev–Trinajstić information content (AvgIpc) is 3.20. The van der Waals surface area contributed by atoms with E-state index in [0.717, 1.165) is 38.8 Å². The molecule has 3 aromatic heterocycles. The van der Waals surface area contributed by atoms with Gasteiger partial charge in [0.2, 0.25) is 5.78 Å². The fourth-order valence-corrected chi connectivity index (χ4v) is 3.53. The van der Waals surface area contributed by atoms with Crippen LogP contribution >= 0.6 is 44.2 Å². The van der Waals surface area contributed by atoms with Gasteiger partial charge in [0.25, 0.3) is 0 Å². The van der Waals surface area contributed by atoms with Crippen molar-refractivity contribution in [3.8, 4) is 11.4 Å². The van der Waals surface area contributed by atoms with Gasteiger partial charge in [-0.05, 0) is 36.8 Å². The van der Waals surface area contributed by atoms with Gasteiger partial charge < -0.3 is 5.32 Å². The fraction of sp³-hybridized carbons (Fsp3) is 0.118. The molecule has 0 amide bonds. The number of aromatic nitrogens is 4. The van der Waals surface area contributed by atoms with E-state index in [1.807, 2.05) is 40.9 Å². The average molecular weight is 481 g/mol. The fourth-order valence-electron chi connectivity index (χ4n) is 2.55. The van der Waals surface area contributed by atoms with E-state index >= 15 is 0 Å². The zero-order chi connectivity index (χ0) is 16.5. The summed E-state index contributed by atoms with van der Waals surface area (Å²) in [6, 6.07) is 9.94. The van der Waals surface area contributed by atoms with Crippen LogP contribution in [0.15, 0.2) is 52.6 Å². The molecule has 0 bridgehead atoms. The van der Waals surface area contributed by atoms with Crippen LogP contribution in [0.5, 0.6) is 0 Å². The lowest BCUT2D eigenvalue weighted by Crippen LogP contribution is -1.93. The summed E-state index contributed by atoms with van der Waals surface area (Å²) < 4.78 is 3.05. The van der Waals surface area contributed by atoms with Gasteiger partial charge in [-0.2, -0.15) is 0 Å². The Morgan fingerprint density at radius 3 is 2.76 bits per heavy atom. The Labute approximate surface area is 168 Å². The van der Waals surface area contributed by atoms with Crippen molar-refractivity contribution in [1.29, 1.82) is 0 Å². The van der Waals surface area contributed by atoms with Gasteiger partial charge in [0.15, 0.2) is 5.13 Å². The number of hydrogen-bond acceptors (Lipinski definition) is 5. The largest absolute Gasteiger partial charge is 0.332 e. The quantitative estimate of drug-likeness (QED) is 0.419. The van der Waals surface area contributed by atoms with Gasteiger partial charge in [-0.25, -0.2) is 15.0 Å². The normalized spacial score (nSPS) is 10.6. The van der Waals surface area contributed by atoms with Gasteiger partial charge in [0.05, 0.1) is 11.4 Å². The third-order valence-electron chi connectivity index (χ3n) is 3.65. The second-order valence-corrected chi connectivity index (χ2v) is 6.99. The number of fused-ring (bicyclic) bond motifs is 1. The molecule has 0 aliphatic heterocycles. The molecular formula is C17H15Br2N5S. The molecule has 0 saturated carbocycles. The van der Waals surface area contributed by atoms with E-state index in [0.29, 0.717) is 5.78 Å². The number of nitrogens with one attached hydrogen (secondary N) is 1. The number of imidazole rings is 1. The maximum absolute atomic E-state index is 4.74. The number of benzene rings is 1. The highest BCUT2D eigenvalue weighted by Crippen LogP contribution is 2.30. The topological polar surface area (TPSA) is 55.1 Å². The summed E-state index contributed by atoms with van der Waals surface area (Å²) in [5.41, 5.74) is 3.95. The number of halogens is 2. The van der Waals surface area contributed by atoms with Crippen molar-refractivity contribution in [2.75, 3.05) is 5.32 Å². The van der Waals surface area contributed by atoms with Crippen LogP contribution in [0.25, 0.3) is 17.2 Å². The second-order valence-electron chi connectivity index (χ2n) is 5.22. The molecule has 5 nitrogen and oxygen atoms in total. The number of thiazole rings is 1. The molecule has 0 saturated heterocycles. The Bertz CT molecular complexity index is 994. The summed E-state index contributed by atoms with van der Waals surface area (Å²) in [7, 11) is 0. The zero-order valence-electron chi connectivity index (χ0n) is 13.3. The molecule has 3 heterocycles. The third-order valence-corrected chi connectivity index (χ3v) is 4.94. The molecule has 1 aromatic carbocycles.